The van der Waals surface area contributed by atoms with Crippen LogP contribution in [0, 0.1) is 0 Å². The predicted octanol–water partition coefficient (Wildman–Crippen LogP) is 3.09. The van der Waals surface area contributed by atoms with Crippen molar-refractivity contribution in [2.24, 2.45) is 0 Å². The van der Waals surface area contributed by atoms with Gasteiger partial charge >= 0.3 is 24.0 Å². The summed E-state index contributed by atoms with van der Waals surface area (Å²) >= 11 is 0. The highest BCUT2D eigenvalue weighted by Crippen LogP contribution is 2.39. The fourth-order valence-electron chi connectivity index (χ4n) is 5.22. The maximum atomic E-state index is 13.3. The van der Waals surface area contributed by atoms with Gasteiger partial charge in [-0.2, -0.15) is 0 Å². The first kappa shape index (κ1) is 26.7. The molecule has 6 rings (SSSR count). The number of pyridine rings is 2. The molecule has 2 aromatic heterocycles. The number of fused-ring (bicyclic) bond motifs is 5. The minimum absolute atomic E-state index is 0.0296. The van der Waals surface area contributed by atoms with Gasteiger partial charge in [-0.05, 0) is 55.0 Å². The summed E-state index contributed by atoms with van der Waals surface area (Å²) in [6, 6.07) is 11.2. The summed E-state index contributed by atoms with van der Waals surface area (Å²) in [4.78, 5) is 65.6. The topological polar surface area (TPSA) is 194 Å². The van der Waals surface area contributed by atoms with Crippen LogP contribution in [-0.4, -0.2) is 48.9 Å². The lowest BCUT2D eigenvalue weighted by molar-refractivity contribution is -0.172. The largest absolute Gasteiger partial charge is 0.478 e. The highest BCUT2D eigenvalue weighted by atomic mass is 16.6. The summed E-state index contributed by atoms with van der Waals surface area (Å²) in [5, 5.41) is 32.4. The first-order chi connectivity index (χ1) is 20.0. The lowest BCUT2D eigenvalue weighted by Crippen LogP contribution is -2.44. The number of nitrogens with one attached hydrogen (secondary N) is 1. The van der Waals surface area contributed by atoms with Crippen molar-refractivity contribution < 1.29 is 44.0 Å². The highest BCUT2D eigenvalue weighted by Gasteiger charge is 2.45. The Bertz CT molecular complexity index is 1910. The molecule has 2 aliphatic rings. The monoisotopic (exact) mass is 571 g/mol. The van der Waals surface area contributed by atoms with Gasteiger partial charge in [-0.15, -0.1) is 0 Å². The van der Waals surface area contributed by atoms with E-state index < -0.39 is 29.6 Å². The van der Waals surface area contributed by atoms with Crippen LogP contribution in [0.1, 0.15) is 50.8 Å². The van der Waals surface area contributed by atoms with Crippen LogP contribution in [0.25, 0.3) is 22.3 Å². The van der Waals surface area contributed by atoms with Gasteiger partial charge < -0.3 is 29.4 Å². The van der Waals surface area contributed by atoms with Crippen molar-refractivity contribution >= 4 is 40.6 Å². The quantitative estimate of drug-likeness (QED) is 0.226. The zero-order valence-electron chi connectivity index (χ0n) is 21.8. The molecule has 0 saturated carbocycles. The Balaban J connectivity index is 1.30. The molecule has 0 aliphatic carbocycles. The van der Waals surface area contributed by atoms with Crippen LogP contribution in [0.15, 0.2) is 53.3 Å². The van der Waals surface area contributed by atoms with Gasteiger partial charge in [-0.1, -0.05) is 6.92 Å². The molecule has 4 N–H and O–H groups in total. The first-order valence-electron chi connectivity index (χ1n) is 12.7. The molecule has 0 radical (unpaired) electrons. The predicted molar refractivity (Wildman–Crippen MR) is 145 cm³/mol. The number of benzene rings is 2. The number of aliphatic hydroxyl groups is 1. The number of carbonyl (C=O) groups is 4. The molecular formula is C29H21N3O10. The number of rotatable bonds is 5. The Kier molecular flexibility index (Phi) is 6.04. The number of esters is 1. The number of aromatic carboxylic acids is 2. The number of ether oxygens (including phenoxy) is 2. The van der Waals surface area contributed by atoms with Crippen molar-refractivity contribution in [1.82, 2.24) is 9.55 Å². The number of hydrogen-bond acceptors (Lipinski definition) is 9. The van der Waals surface area contributed by atoms with E-state index in [4.69, 9.17) is 14.5 Å². The molecule has 4 aromatic rings. The maximum absolute atomic E-state index is 13.3. The van der Waals surface area contributed by atoms with Gasteiger partial charge in [0.05, 0.1) is 40.1 Å². The Morgan fingerprint density at radius 1 is 1.05 bits per heavy atom. The van der Waals surface area contributed by atoms with E-state index in [1.54, 1.807) is 31.2 Å². The number of anilines is 1. The van der Waals surface area contributed by atoms with Crippen LogP contribution in [-0.2, 0) is 28.3 Å². The van der Waals surface area contributed by atoms with Crippen molar-refractivity contribution in [3.8, 4) is 17.1 Å². The van der Waals surface area contributed by atoms with Gasteiger partial charge in [0.2, 0.25) is 0 Å². The van der Waals surface area contributed by atoms with Crippen molar-refractivity contribution in [3.63, 3.8) is 0 Å². The Hall–Kier alpha value is -5.56. The van der Waals surface area contributed by atoms with Crippen LogP contribution in [0.2, 0.25) is 0 Å². The summed E-state index contributed by atoms with van der Waals surface area (Å²) in [6.07, 6.45) is -0.950. The van der Waals surface area contributed by atoms with Gasteiger partial charge in [0.1, 0.15) is 12.4 Å². The molecular weight excluding hydrogens is 550 g/mol. The van der Waals surface area contributed by atoms with Crippen LogP contribution in [0.3, 0.4) is 0 Å². The van der Waals surface area contributed by atoms with Crippen molar-refractivity contribution in [3.05, 3.63) is 86.7 Å². The Morgan fingerprint density at radius 3 is 2.43 bits per heavy atom. The molecule has 212 valence electrons. The van der Waals surface area contributed by atoms with E-state index in [2.05, 4.69) is 5.32 Å². The second kappa shape index (κ2) is 9.52. The van der Waals surface area contributed by atoms with E-state index in [0.29, 0.717) is 27.9 Å². The zero-order chi connectivity index (χ0) is 29.9. The van der Waals surface area contributed by atoms with E-state index >= 15 is 0 Å². The summed E-state index contributed by atoms with van der Waals surface area (Å²) in [7, 11) is 0. The zero-order valence-corrected chi connectivity index (χ0v) is 21.8. The van der Waals surface area contributed by atoms with Gasteiger partial charge in [-0.3, -0.25) is 10.1 Å². The fourth-order valence-corrected chi connectivity index (χ4v) is 5.22. The van der Waals surface area contributed by atoms with Crippen molar-refractivity contribution in [2.45, 2.75) is 32.1 Å². The lowest BCUT2D eigenvalue weighted by atomic mass is 9.86. The molecule has 1 atom stereocenters. The second-order valence-corrected chi connectivity index (χ2v) is 9.88. The van der Waals surface area contributed by atoms with Crippen molar-refractivity contribution in [2.75, 3.05) is 5.32 Å². The van der Waals surface area contributed by atoms with Crippen LogP contribution < -0.4 is 15.6 Å². The summed E-state index contributed by atoms with van der Waals surface area (Å²) in [6.45, 7) is 1.58. The number of aromatic nitrogens is 2. The van der Waals surface area contributed by atoms with E-state index in [-0.39, 0.29) is 58.8 Å². The normalized spacial score (nSPS) is 16.7. The van der Waals surface area contributed by atoms with E-state index in [1.807, 2.05) is 0 Å². The molecule has 0 fully saturated rings. The summed E-state index contributed by atoms with van der Waals surface area (Å²) < 4.78 is 11.9. The third-order valence-corrected chi connectivity index (χ3v) is 7.36. The average molecular weight is 571 g/mol. The number of hydrogen-bond donors (Lipinski definition) is 4. The van der Waals surface area contributed by atoms with Crippen molar-refractivity contribution in [1.29, 1.82) is 0 Å². The molecule has 2 aliphatic heterocycles. The lowest BCUT2D eigenvalue weighted by Gasteiger charge is -2.31. The number of amides is 1. The van der Waals surface area contributed by atoms with E-state index in [0.717, 1.165) is 18.2 Å². The second-order valence-electron chi connectivity index (χ2n) is 9.88. The standard InChI is InChI=1S/C29H21N3O10/c1-2-29(40)20-10-22-23-16(11-32(22)24(33)19(20)12-41-27(29)38)5-13-9-18(3-4-21(13)31-23)42-28(39)30-17-7-14(25(34)35)6-15(8-17)26(36)37/h3-10,40H,2,11-12H2,1H3,(H,30,39)(H,34,35)(H,36,37)/t29-/m0/s1. The molecule has 13 nitrogen and oxygen atoms in total. The number of carboxylic acid groups (broad SMARTS) is 2. The Morgan fingerprint density at radius 2 is 1.76 bits per heavy atom. The summed E-state index contributed by atoms with van der Waals surface area (Å²) in [5.41, 5.74) is -0.428. The van der Waals surface area contributed by atoms with E-state index in [1.165, 1.54) is 10.6 Å². The summed E-state index contributed by atoms with van der Waals surface area (Å²) in [5.74, 6) is -3.41. The molecule has 42 heavy (non-hydrogen) atoms. The third-order valence-electron chi connectivity index (χ3n) is 7.36. The minimum atomic E-state index is -1.93. The molecule has 2 aromatic carbocycles. The minimum Gasteiger partial charge on any atom is -0.478 e. The average Bonchev–Trinajstić information content (AvgIpc) is 3.31. The SMILES string of the molecule is CC[C@@]1(O)C(=O)OCc2c1cc1n(c2=O)Cc2cc3cc(OC(=O)Nc4cc(C(=O)O)cc(C(=O)O)c4)ccc3nc2-1. The first-order valence-corrected chi connectivity index (χ1v) is 12.7. The van der Waals surface area contributed by atoms with Crippen LogP contribution >= 0.6 is 0 Å². The van der Waals surface area contributed by atoms with Crippen LogP contribution in [0.5, 0.6) is 5.75 Å². The molecule has 0 saturated heterocycles. The number of nitrogens with zero attached hydrogens (tertiary/aromatic N) is 2. The molecule has 1 amide bonds. The Labute approximate surface area is 235 Å². The maximum Gasteiger partial charge on any atom is 0.417 e. The number of carbonyl (C=O) groups excluding carboxylic acids is 2. The van der Waals surface area contributed by atoms with Gasteiger partial charge in [0.25, 0.3) is 5.56 Å². The molecule has 4 heterocycles. The molecule has 0 spiro atoms. The molecule has 13 heteroatoms. The molecule has 0 bridgehead atoms. The van der Waals surface area contributed by atoms with Gasteiger partial charge in [0, 0.05) is 22.2 Å². The number of carboxylic acids is 2. The van der Waals surface area contributed by atoms with E-state index in [9.17, 15) is 39.3 Å². The number of cyclic esters (lactones) is 1. The third kappa shape index (κ3) is 4.23. The smallest absolute Gasteiger partial charge is 0.417 e. The van der Waals surface area contributed by atoms with Crippen LogP contribution in [0.4, 0.5) is 10.5 Å². The van der Waals surface area contributed by atoms with Gasteiger partial charge in [0.15, 0.2) is 5.60 Å². The fraction of sp³-hybridized carbons (Fsp3) is 0.172. The molecule has 0 unspecified atom stereocenters. The highest BCUT2D eigenvalue weighted by molar-refractivity contribution is 5.97. The van der Waals surface area contributed by atoms with Gasteiger partial charge in [-0.25, -0.2) is 24.2 Å².